The van der Waals surface area contributed by atoms with Gasteiger partial charge in [0.05, 0.1) is 28.1 Å². The number of aromatic nitrogens is 2. The Morgan fingerprint density at radius 2 is 1.94 bits per heavy atom. The Morgan fingerprint density at radius 3 is 2.68 bits per heavy atom. The average Bonchev–Trinajstić information content (AvgIpc) is 3.32. The van der Waals surface area contributed by atoms with Crippen LogP contribution in [0.5, 0.6) is 0 Å². The van der Waals surface area contributed by atoms with Crippen molar-refractivity contribution in [3.05, 3.63) is 85.7 Å². The number of hydrogen-bond donors (Lipinski definition) is 1. The van der Waals surface area contributed by atoms with Gasteiger partial charge in [-0.25, -0.2) is 10.4 Å². The number of rotatable bonds is 6. The molecule has 0 aliphatic carbocycles. The Kier molecular flexibility index (Phi) is 6.64. The van der Waals surface area contributed by atoms with Crippen LogP contribution in [0.15, 0.2) is 85.6 Å². The molecule has 0 aliphatic heterocycles. The van der Waals surface area contributed by atoms with Crippen molar-refractivity contribution in [2.45, 2.75) is 12.1 Å². The van der Waals surface area contributed by atoms with Crippen LogP contribution in [0.2, 0.25) is 0 Å². The first kappa shape index (κ1) is 21.5. The number of carbonyl (C=O) groups is 1. The number of benzene rings is 2. The highest BCUT2D eigenvalue weighted by atomic mass is 79.9. The van der Waals surface area contributed by atoms with Crippen LogP contribution in [0.25, 0.3) is 16.6 Å². The van der Waals surface area contributed by atoms with Gasteiger partial charge in [-0.05, 0) is 54.8 Å². The van der Waals surface area contributed by atoms with Crippen molar-refractivity contribution in [1.82, 2.24) is 15.0 Å². The zero-order valence-electron chi connectivity index (χ0n) is 16.4. The topological polar surface area (TPSA) is 76.3 Å². The first-order valence-corrected chi connectivity index (χ1v) is 12.0. The minimum absolute atomic E-state index is 0.0720. The van der Waals surface area contributed by atoms with Gasteiger partial charge in [0.25, 0.3) is 11.5 Å². The van der Waals surface area contributed by atoms with Gasteiger partial charge in [-0.15, -0.1) is 11.3 Å². The lowest BCUT2D eigenvalue weighted by Crippen LogP contribution is -2.24. The number of thioether (sulfide) groups is 1. The van der Waals surface area contributed by atoms with E-state index < -0.39 is 0 Å². The second-order valence-electron chi connectivity index (χ2n) is 6.53. The molecule has 4 aromatic rings. The number of amides is 1. The summed E-state index contributed by atoms with van der Waals surface area (Å²) in [6.07, 6.45) is 0. The lowest BCUT2D eigenvalue weighted by Gasteiger charge is -2.13. The van der Waals surface area contributed by atoms with Crippen molar-refractivity contribution in [3.63, 3.8) is 0 Å². The van der Waals surface area contributed by atoms with E-state index in [9.17, 15) is 9.59 Å². The molecule has 0 aliphatic rings. The second kappa shape index (κ2) is 9.59. The molecule has 6 nitrogen and oxygen atoms in total. The minimum atomic E-state index is -0.273. The van der Waals surface area contributed by atoms with Crippen molar-refractivity contribution in [1.29, 1.82) is 0 Å². The fourth-order valence-corrected chi connectivity index (χ4v) is 4.62. The maximum absolute atomic E-state index is 13.2. The van der Waals surface area contributed by atoms with E-state index in [1.165, 1.54) is 16.3 Å². The molecule has 0 saturated carbocycles. The van der Waals surface area contributed by atoms with Crippen LogP contribution < -0.4 is 11.0 Å². The van der Waals surface area contributed by atoms with Gasteiger partial charge in [-0.1, -0.05) is 45.9 Å². The number of fused-ring (bicyclic) bond motifs is 1. The predicted octanol–water partition coefficient (Wildman–Crippen LogP) is 4.84. The van der Waals surface area contributed by atoms with Crippen LogP contribution in [-0.4, -0.2) is 26.9 Å². The molecule has 4 rings (SSSR count). The second-order valence-corrected chi connectivity index (χ2v) is 9.33. The fraction of sp³-hybridized carbons (Fsp3) is 0.0909. The van der Waals surface area contributed by atoms with E-state index >= 15 is 0 Å². The van der Waals surface area contributed by atoms with E-state index in [1.807, 2.05) is 60.8 Å². The molecule has 2 aromatic heterocycles. The third kappa shape index (κ3) is 4.95. The van der Waals surface area contributed by atoms with Gasteiger partial charge < -0.3 is 0 Å². The van der Waals surface area contributed by atoms with Crippen LogP contribution >= 0.6 is 39.0 Å². The highest BCUT2D eigenvalue weighted by molar-refractivity contribution is 9.10. The molecule has 0 fully saturated rings. The molecule has 2 heterocycles. The molecule has 156 valence electrons. The summed E-state index contributed by atoms with van der Waals surface area (Å²) < 4.78 is 2.44. The zero-order chi connectivity index (χ0) is 21.8. The van der Waals surface area contributed by atoms with E-state index in [0.717, 1.165) is 15.1 Å². The molecule has 0 unspecified atom stereocenters. The number of halogens is 1. The zero-order valence-corrected chi connectivity index (χ0v) is 19.6. The molecular formula is C22H17BrN4O2S2. The average molecular weight is 513 g/mol. The van der Waals surface area contributed by atoms with Gasteiger partial charge in [0.2, 0.25) is 0 Å². The van der Waals surface area contributed by atoms with Crippen LogP contribution in [0.4, 0.5) is 0 Å². The number of carbonyl (C=O) groups excluding carboxylic acids is 1. The van der Waals surface area contributed by atoms with Gasteiger partial charge in [-0.2, -0.15) is 5.10 Å². The molecule has 9 heteroatoms. The normalized spacial score (nSPS) is 11.6. The molecule has 1 N–H and O–H groups in total. The number of hydrazone groups is 1. The van der Waals surface area contributed by atoms with Gasteiger partial charge in [0.15, 0.2) is 5.16 Å². The quantitative estimate of drug-likeness (QED) is 0.173. The number of nitrogens with one attached hydrogen (secondary N) is 1. The largest absolute Gasteiger partial charge is 0.272 e. The monoisotopic (exact) mass is 512 g/mol. The molecule has 2 aromatic carbocycles. The van der Waals surface area contributed by atoms with Crippen molar-refractivity contribution < 1.29 is 4.79 Å². The minimum Gasteiger partial charge on any atom is -0.272 e. The summed E-state index contributed by atoms with van der Waals surface area (Å²) in [6.45, 7) is 1.84. The maximum atomic E-state index is 13.2. The molecule has 0 radical (unpaired) electrons. The number of thiophene rings is 1. The van der Waals surface area contributed by atoms with E-state index in [4.69, 9.17) is 0 Å². The van der Waals surface area contributed by atoms with E-state index in [0.29, 0.717) is 21.7 Å². The van der Waals surface area contributed by atoms with E-state index in [-0.39, 0.29) is 17.2 Å². The van der Waals surface area contributed by atoms with Crippen molar-refractivity contribution in [2.75, 3.05) is 5.75 Å². The Labute approximate surface area is 195 Å². The van der Waals surface area contributed by atoms with Crippen molar-refractivity contribution in [3.8, 4) is 5.69 Å². The van der Waals surface area contributed by atoms with Crippen molar-refractivity contribution in [2.24, 2.45) is 5.10 Å². The number of para-hydroxylation sites is 1. The summed E-state index contributed by atoms with van der Waals surface area (Å²) >= 11 is 6.17. The molecule has 0 atom stereocenters. The van der Waals surface area contributed by atoms with Gasteiger partial charge >= 0.3 is 0 Å². The Balaban J connectivity index is 1.61. The Morgan fingerprint density at radius 1 is 1.16 bits per heavy atom. The summed E-state index contributed by atoms with van der Waals surface area (Å²) in [6, 6.07) is 18.5. The first-order valence-electron chi connectivity index (χ1n) is 9.30. The summed E-state index contributed by atoms with van der Waals surface area (Å²) in [4.78, 5) is 31.2. The summed E-state index contributed by atoms with van der Waals surface area (Å²) in [7, 11) is 0. The highest BCUT2D eigenvalue weighted by Crippen LogP contribution is 2.22. The standard InChI is InChI=1S/C22H17BrN4O2S2/c1-14(19-7-4-12-30-19)25-26-20(28)13-31-22-24-18-6-3-2-5-17(18)21(29)27(22)16-10-8-15(23)9-11-16/h2-12H,13H2,1H3,(H,26,28)/b25-14+. The van der Waals surface area contributed by atoms with Gasteiger partial charge in [-0.3, -0.25) is 14.2 Å². The third-order valence-electron chi connectivity index (χ3n) is 4.39. The third-order valence-corrected chi connectivity index (χ3v) is 6.83. The van der Waals surface area contributed by atoms with Gasteiger partial charge in [0.1, 0.15) is 0 Å². The fourth-order valence-electron chi connectivity index (χ4n) is 2.88. The lowest BCUT2D eigenvalue weighted by molar-refractivity contribution is -0.118. The molecule has 1 amide bonds. The van der Waals surface area contributed by atoms with Crippen LogP contribution in [0.1, 0.15) is 11.8 Å². The number of nitrogens with zero attached hydrogens (tertiary/aromatic N) is 3. The SMILES string of the molecule is C/C(=N\NC(=O)CSc1nc2ccccc2c(=O)n1-c1ccc(Br)cc1)c1cccs1. The smallest absolute Gasteiger partial charge is 0.266 e. The Bertz CT molecular complexity index is 1320. The molecule has 0 saturated heterocycles. The van der Waals surface area contributed by atoms with Gasteiger partial charge in [0, 0.05) is 9.35 Å². The summed E-state index contributed by atoms with van der Waals surface area (Å²) in [5.41, 5.74) is 4.41. The number of hydrogen-bond acceptors (Lipinski definition) is 6. The summed E-state index contributed by atoms with van der Waals surface area (Å²) in [5.74, 6) is -0.201. The van der Waals surface area contributed by atoms with Crippen LogP contribution in [0.3, 0.4) is 0 Å². The predicted molar refractivity (Wildman–Crippen MR) is 130 cm³/mol. The maximum Gasteiger partial charge on any atom is 0.266 e. The Hall–Kier alpha value is -2.75. The van der Waals surface area contributed by atoms with Crippen LogP contribution in [0, 0.1) is 0 Å². The van der Waals surface area contributed by atoms with E-state index in [2.05, 4.69) is 31.4 Å². The van der Waals surface area contributed by atoms with Crippen LogP contribution in [-0.2, 0) is 4.79 Å². The summed E-state index contributed by atoms with van der Waals surface area (Å²) in [5, 5.41) is 7.08. The lowest BCUT2D eigenvalue weighted by atomic mass is 10.2. The highest BCUT2D eigenvalue weighted by Gasteiger charge is 2.15. The first-order chi connectivity index (χ1) is 15.0. The molecule has 0 spiro atoms. The molecular weight excluding hydrogens is 496 g/mol. The van der Waals surface area contributed by atoms with Crippen molar-refractivity contribution >= 4 is 61.6 Å². The molecule has 0 bridgehead atoms. The molecule has 31 heavy (non-hydrogen) atoms. The van der Waals surface area contributed by atoms with E-state index in [1.54, 1.807) is 23.5 Å².